The van der Waals surface area contributed by atoms with Crippen molar-refractivity contribution in [1.29, 1.82) is 0 Å². The Balaban J connectivity index is 2.26. The van der Waals surface area contributed by atoms with Crippen molar-refractivity contribution in [2.75, 3.05) is 13.1 Å². The van der Waals surface area contributed by atoms with Crippen molar-refractivity contribution in [3.63, 3.8) is 0 Å². The molecule has 1 aromatic carbocycles. The molecule has 0 radical (unpaired) electrons. The number of unbranched alkanes of at least 4 members (excludes halogenated alkanes) is 3. The maximum atomic E-state index is 10.3. The number of aliphatic hydroxyl groups is 1. The zero-order chi connectivity index (χ0) is 12.6. The average molecular weight is 235 g/mol. The van der Waals surface area contributed by atoms with Crippen LogP contribution in [0.3, 0.4) is 0 Å². The number of benzene rings is 1. The van der Waals surface area contributed by atoms with E-state index in [1.165, 1.54) is 25.7 Å². The van der Waals surface area contributed by atoms with Crippen LogP contribution in [0.4, 0.5) is 0 Å². The first kappa shape index (κ1) is 14.2. The Bertz CT molecular complexity index is 295. The Morgan fingerprint density at radius 3 is 2.47 bits per heavy atom. The molecule has 0 bridgehead atoms. The fourth-order valence-electron chi connectivity index (χ4n) is 1.91. The minimum absolute atomic E-state index is 0.614. The summed E-state index contributed by atoms with van der Waals surface area (Å²) in [5.41, 5.74) is 0.201. The van der Waals surface area contributed by atoms with Crippen LogP contribution in [0.5, 0.6) is 0 Å². The first-order chi connectivity index (χ1) is 8.17. The van der Waals surface area contributed by atoms with Gasteiger partial charge in [-0.05, 0) is 25.5 Å². The Kier molecular flexibility index (Phi) is 6.23. The van der Waals surface area contributed by atoms with Crippen LogP contribution in [0, 0.1) is 0 Å². The van der Waals surface area contributed by atoms with Crippen molar-refractivity contribution in [2.24, 2.45) is 0 Å². The van der Waals surface area contributed by atoms with Gasteiger partial charge in [0.05, 0.1) is 5.60 Å². The third-order valence-corrected chi connectivity index (χ3v) is 3.07. The predicted molar refractivity (Wildman–Crippen MR) is 73.0 cm³/mol. The highest BCUT2D eigenvalue weighted by Crippen LogP contribution is 2.18. The standard InChI is InChI=1S/C15H25NO/c1-3-4-5-9-12-16-13-15(2,17)14-10-7-6-8-11-14/h6-8,10-11,16-17H,3-5,9,12-13H2,1-2H3. The first-order valence-electron chi connectivity index (χ1n) is 6.65. The van der Waals surface area contributed by atoms with E-state index in [9.17, 15) is 5.11 Å². The van der Waals surface area contributed by atoms with Crippen LogP contribution in [-0.4, -0.2) is 18.2 Å². The maximum absolute atomic E-state index is 10.3. The lowest BCUT2D eigenvalue weighted by atomic mass is 9.96. The first-order valence-corrected chi connectivity index (χ1v) is 6.65. The summed E-state index contributed by atoms with van der Waals surface area (Å²) in [5.74, 6) is 0. The van der Waals surface area contributed by atoms with Gasteiger partial charge in [0.25, 0.3) is 0 Å². The van der Waals surface area contributed by atoms with E-state index in [1.54, 1.807) is 0 Å². The molecule has 0 saturated heterocycles. The van der Waals surface area contributed by atoms with Crippen LogP contribution in [0.25, 0.3) is 0 Å². The summed E-state index contributed by atoms with van der Waals surface area (Å²) in [6.07, 6.45) is 5.04. The fraction of sp³-hybridized carbons (Fsp3) is 0.600. The molecule has 0 amide bonds. The second-order valence-electron chi connectivity index (χ2n) is 4.88. The fourth-order valence-corrected chi connectivity index (χ4v) is 1.91. The van der Waals surface area contributed by atoms with Crippen LogP contribution in [0.15, 0.2) is 30.3 Å². The zero-order valence-electron chi connectivity index (χ0n) is 11.1. The lowest BCUT2D eigenvalue weighted by Gasteiger charge is -2.24. The molecule has 1 atom stereocenters. The van der Waals surface area contributed by atoms with Crippen molar-refractivity contribution in [3.05, 3.63) is 35.9 Å². The highest BCUT2D eigenvalue weighted by molar-refractivity contribution is 5.21. The molecule has 2 heteroatoms. The van der Waals surface area contributed by atoms with Crippen molar-refractivity contribution in [1.82, 2.24) is 5.32 Å². The Morgan fingerprint density at radius 2 is 1.82 bits per heavy atom. The van der Waals surface area contributed by atoms with E-state index in [4.69, 9.17) is 0 Å². The van der Waals surface area contributed by atoms with Crippen molar-refractivity contribution in [2.45, 2.75) is 45.1 Å². The molecule has 0 aliphatic carbocycles. The molecule has 0 aliphatic heterocycles. The lowest BCUT2D eigenvalue weighted by molar-refractivity contribution is 0.0571. The van der Waals surface area contributed by atoms with E-state index in [1.807, 2.05) is 37.3 Å². The van der Waals surface area contributed by atoms with Crippen molar-refractivity contribution in [3.8, 4) is 0 Å². The molecule has 2 nitrogen and oxygen atoms in total. The normalized spacial score (nSPS) is 14.5. The second-order valence-corrected chi connectivity index (χ2v) is 4.88. The molecular formula is C15H25NO. The summed E-state index contributed by atoms with van der Waals surface area (Å²) >= 11 is 0. The van der Waals surface area contributed by atoms with Crippen LogP contribution < -0.4 is 5.32 Å². The van der Waals surface area contributed by atoms with E-state index in [2.05, 4.69) is 12.2 Å². The molecule has 0 spiro atoms. The van der Waals surface area contributed by atoms with E-state index >= 15 is 0 Å². The van der Waals surface area contributed by atoms with Gasteiger partial charge in [0, 0.05) is 6.54 Å². The van der Waals surface area contributed by atoms with Gasteiger partial charge in [-0.1, -0.05) is 56.5 Å². The summed E-state index contributed by atoms with van der Waals surface area (Å²) in [6, 6.07) is 9.84. The number of hydrogen-bond donors (Lipinski definition) is 2. The molecule has 17 heavy (non-hydrogen) atoms. The molecule has 0 aliphatic rings. The summed E-state index contributed by atoms with van der Waals surface area (Å²) in [5, 5.41) is 13.7. The lowest BCUT2D eigenvalue weighted by Crippen LogP contribution is -2.35. The molecule has 96 valence electrons. The van der Waals surface area contributed by atoms with E-state index in [-0.39, 0.29) is 0 Å². The van der Waals surface area contributed by atoms with Gasteiger partial charge < -0.3 is 10.4 Å². The highest BCUT2D eigenvalue weighted by atomic mass is 16.3. The minimum Gasteiger partial charge on any atom is -0.384 e. The maximum Gasteiger partial charge on any atom is 0.0992 e. The van der Waals surface area contributed by atoms with Crippen molar-refractivity contribution >= 4 is 0 Å². The van der Waals surface area contributed by atoms with Gasteiger partial charge in [0.2, 0.25) is 0 Å². The van der Waals surface area contributed by atoms with Crippen LogP contribution in [0.1, 0.15) is 45.1 Å². The molecule has 1 aromatic rings. The Labute approximate surface area is 105 Å². The quantitative estimate of drug-likeness (QED) is 0.679. The van der Waals surface area contributed by atoms with Gasteiger partial charge in [-0.3, -0.25) is 0 Å². The SMILES string of the molecule is CCCCCCNCC(C)(O)c1ccccc1. The molecule has 0 heterocycles. The van der Waals surface area contributed by atoms with E-state index < -0.39 is 5.60 Å². The molecule has 0 saturated carbocycles. The Hall–Kier alpha value is -0.860. The number of nitrogens with one attached hydrogen (secondary N) is 1. The average Bonchev–Trinajstić information content (AvgIpc) is 2.35. The molecule has 2 N–H and O–H groups in total. The third kappa shape index (κ3) is 5.33. The third-order valence-electron chi connectivity index (χ3n) is 3.07. The topological polar surface area (TPSA) is 32.3 Å². The second kappa shape index (κ2) is 7.46. The van der Waals surface area contributed by atoms with Crippen molar-refractivity contribution < 1.29 is 5.11 Å². The molecule has 1 rings (SSSR count). The predicted octanol–water partition coefficient (Wildman–Crippen LogP) is 3.06. The Morgan fingerprint density at radius 1 is 1.12 bits per heavy atom. The number of rotatable bonds is 8. The molecule has 0 fully saturated rings. The van der Waals surface area contributed by atoms with Crippen LogP contribution >= 0.6 is 0 Å². The van der Waals surface area contributed by atoms with Gasteiger partial charge in [-0.25, -0.2) is 0 Å². The molecule has 1 unspecified atom stereocenters. The molecular weight excluding hydrogens is 210 g/mol. The summed E-state index contributed by atoms with van der Waals surface area (Å²) < 4.78 is 0. The minimum atomic E-state index is -0.772. The van der Waals surface area contributed by atoms with Gasteiger partial charge >= 0.3 is 0 Å². The van der Waals surface area contributed by atoms with Gasteiger partial charge in [-0.2, -0.15) is 0 Å². The summed E-state index contributed by atoms with van der Waals surface area (Å²) in [6.45, 7) is 5.68. The monoisotopic (exact) mass is 235 g/mol. The van der Waals surface area contributed by atoms with Crippen LogP contribution in [-0.2, 0) is 5.60 Å². The van der Waals surface area contributed by atoms with Crippen LogP contribution in [0.2, 0.25) is 0 Å². The highest BCUT2D eigenvalue weighted by Gasteiger charge is 2.21. The zero-order valence-corrected chi connectivity index (χ0v) is 11.1. The van der Waals surface area contributed by atoms with E-state index in [0.717, 1.165) is 12.1 Å². The smallest absolute Gasteiger partial charge is 0.0992 e. The van der Waals surface area contributed by atoms with Gasteiger partial charge in [0.1, 0.15) is 0 Å². The van der Waals surface area contributed by atoms with Gasteiger partial charge in [-0.15, -0.1) is 0 Å². The largest absolute Gasteiger partial charge is 0.384 e. The summed E-state index contributed by atoms with van der Waals surface area (Å²) in [4.78, 5) is 0. The van der Waals surface area contributed by atoms with Gasteiger partial charge in [0.15, 0.2) is 0 Å². The number of hydrogen-bond acceptors (Lipinski definition) is 2. The summed E-state index contributed by atoms with van der Waals surface area (Å²) in [7, 11) is 0. The molecule has 0 aromatic heterocycles. The van der Waals surface area contributed by atoms with E-state index in [0.29, 0.717) is 6.54 Å².